The molecule has 12 nitrogen and oxygen atoms in total. The van der Waals surface area contributed by atoms with Crippen molar-refractivity contribution in [3.05, 3.63) is 47.5 Å². The Bertz CT molecular complexity index is 1150. The van der Waals surface area contributed by atoms with Crippen molar-refractivity contribution in [3.63, 3.8) is 0 Å². The van der Waals surface area contributed by atoms with Gasteiger partial charge in [0.05, 0.1) is 18.8 Å². The van der Waals surface area contributed by atoms with Crippen molar-refractivity contribution in [3.8, 4) is 22.6 Å². The van der Waals surface area contributed by atoms with Gasteiger partial charge in [-0.1, -0.05) is 12.1 Å². The molecule has 208 valence electrons. The zero-order valence-electron chi connectivity index (χ0n) is 20.6. The van der Waals surface area contributed by atoms with E-state index < -0.39 is 42.0 Å². The van der Waals surface area contributed by atoms with Gasteiger partial charge in [-0.15, -0.1) is 12.4 Å². The van der Waals surface area contributed by atoms with Gasteiger partial charge in [0, 0.05) is 32.4 Å². The van der Waals surface area contributed by atoms with Crippen LogP contribution in [-0.2, 0) is 27.2 Å². The Kier molecular flexibility index (Phi) is 11.3. The van der Waals surface area contributed by atoms with E-state index in [2.05, 4.69) is 16.0 Å². The Balaban J connectivity index is 0.00000507. The zero-order chi connectivity index (χ0) is 27.1. The first-order valence-corrected chi connectivity index (χ1v) is 11.9. The van der Waals surface area contributed by atoms with Crippen molar-refractivity contribution in [2.75, 3.05) is 19.7 Å². The third kappa shape index (κ3) is 7.79. The SMILES string of the molecule is Cl.NC[C@H](O)C[C@H]1NC(=O)[C@@H](N)Cc2cc(ccc2O)-c2ccc(O)c(c2)C[C@H](C(=O)NCCO)NC1=O. The molecule has 3 rings (SSSR count). The number of hydrogen-bond donors (Lipinski definition) is 9. The van der Waals surface area contributed by atoms with Crippen molar-refractivity contribution >= 4 is 30.1 Å². The number of phenolic OH excluding ortho intramolecular Hbond substituents is 2. The first kappa shape index (κ1) is 30.8. The molecule has 0 spiro atoms. The fourth-order valence-electron chi connectivity index (χ4n) is 4.07. The van der Waals surface area contributed by atoms with E-state index in [9.17, 15) is 29.7 Å². The minimum Gasteiger partial charge on any atom is -0.508 e. The molecule has 0 unspecified atom stereocenters. The molecular formula is C25H34ClN5O7. The highest BCUT2D eigenvalue weighted by Gasteiger charge is 2.30. The van der Waals surface area contributed by atoms with E-state index in [1.165, 1.54) is 12.1 Å². The Hall–Kier alpha value is -3.42. The predicted molar refractivity (Wildman–Crippen MR) is 141 cm³/mol. The molecule has 1 aliphatic rings. The van der Waals surface area contributed by atoms with E-state index in [1.807, 2.05) is 0 Å². The molecule has 4 atom stereocenters. The number of hydrogen-bond acceptors (Lipinski definition) is 9. The summed E-state index contributed by atoms with van der Waals surface area (Å²) >= 11 is 0. The number of amides is 3. The van der Waals surface area contributed by atoms with Crippen LogP contribution in [0.15, 0.2) is 36.4 Å². The largest absolute Gasteiger partial charge is 0.508 e. The average Bonchev–Trinajstić information content (AvgIpc) is 2.88. The third-order valence-electron chi connectivity index (χ3n) is 6.15. The van der Waals surface area contributed by atoms with Crippen LogP contribution in [0.25, 0.3) is 11.1 Å². The second kappa shape index (κ2) is 13.9. The first-order valence-electron chi connectivity index (χ1n) is 11.9. The molecule has 1 heterocycles. The highest BCUT2D eigenvalue weighted by molar-refractivity contribution is 5.93. The molecule has 38 heavy (non-hydrogen) atoms. The number of nitrogens with two attached hydrogens (primary N) is 2. The zero-order valence-corrected chi connectivity index (χ0v) is 21.4. The molecule has 0 aromatic heterocycles. The molecule has 0 aliphatic carbocycles. The number of phenols is 2. The minimum absolute atomic E-state index is 0. The molecule has 11 N–H and O–H groups in total. The van der Waals surface area contributed by atoms with E-state index in [4.69, 9.17) is 16.6 Å². The Morgan fingerprint density at radius 1 is 1.00 bits per heavy atom. The van der Waals surface area contributed by atoms with Crippen molar-refractivity contribution in [1.82, 2.24) is 16.0 Å². The summed E-state index contributed by atoms with van der Waals surface area (Å²) in [5.74, 6) is -2.27. The van der Waals surface area contributed by atoms with Gasteiger partial charge >= 0.3 is 0 Å². The molecule has 2 aromatic carbocycles. The highest BCUT2D eigenvalue weighted by atomic mass is 35.5. The van der Waals surface area contributed by atoms with Crippen LogP contribution >= 0.6 is 12.4 Å². The number of rotatable bonds is 6. The van der Waals surface area contributed by atoms with Gasteiger partial charge in [0.2, 0.25) is 17.7 Å². The van der Waals surface area contributed by atoms with Crippen molar-refractivity contribution in [2.45, 2.75) is 43.5 Å². The molecule has 0 saturated heterocycles. The lowest BCUT2D eigenvalue weighted by molar-refractivity contribution is -0.133. The summed E-state index contributed by atoms with van der Waals surface area (Å²) in [5, 5.41) is 47.6. The van der Waals surface area contributed by atoms with Crippen LogP contribution in [0.2, 0.25) is 0 Å². The lowest BCUT2D eigenvalue weighted by Gasteiger charge is -2.25. The monoisotopic (exact) mass is 551 g/mol. The van der Waals surface area contributed by atoms with Crippen molar-refractivity contribution < 1.29 is 34.8 Å². The molecule has 4 bridgehead atoms. The van der Waals surface area contributed by atoms with Gasteiger partial charge in [-0.3, -0.25) is 14.4 Å². The fourth-order valence-corrected chi connectivity index (χ4v) is 4.07. The normalized spacial score (nSPS) is 20.6. The van der Waals surface area contributed by atoms with E-state index in [0.717, 1.165) is 0 Å². The van der Waals surface area contributed by atoms with Gasteiger partial charge in [0.25, 0.3) is 0 Å². The number of aliphatic hydroxyl groups is 2. The predicted octanol–water partition coefficient (Wildman–Crippen LogP) is -1.60. The summed E-state index contributed by atoms with van der Waals surface area (Å²) in [6.45, 7) is -0.558. The van der Waals surface area contributed by atoms with Gasteiger partial charge in [0.1, 0.15) is 23.6 Å². The molecular weight excluding hydrogens is 518 g/mol. The number of aliphatic hydroxyl groups excluding tert-OH is 2. The number of benzene rings is 2. The second-order valence-electron chi connectivity index (χ2n) is 8.96. The van der Waals surface area contributed by atoms with Crippen LogP contribution in [0.4, 0.5) is 0 Å². The topological polar surface area (TPSA) is 220 Å². The summed E-state index contributed by atoms with van der Waals surface area (Å²) in [5.41, 5.74) is 13.7. The van der Waals surface area contributed by atoms with Crippen molar-refractivity contribution in [1.29, 1.82) is 0 Å². The third-order valence-corrected chi connectivity index (χ3v) is 6.15. The smallest absolute Gasteiger partial charge is 0.243 e. The number of nitrogens with one attached hydrogen (secondary N) is 3. The molecule has 0 saturated carbocycles. The Morgan fingerprint density at radius 3 is 2.13 bits per heavy atom. The minimum atomic E-state index is -1.28. The van der Waals surface area contributed by atoms with Gasteiger partial charge in [-0.2, -0.15) is 0 Å². The Morgan fingerprint density at radius 2 is 1.58 bits per heavy atom. The molecule has 1 aliphatic heterocycles. The van der Waals surface area contributed by atoms with E-state index in [1.54, 1.807) is 24.3 Å². The summed E-state index contributed by atoms with van der Waals surface area (Å²) in [6, 6.07) is 5.95. The molecule has 3 amide bonds. The number of carbonyl (C=O) groups is 3. The van der Waals surface area contributed by atoms with Crippen LogP contribution in [-0.4, -0.2) is 82.1 Å². The van der Waals surface area contributed by atoms with Crippen LogP contribution in [0.3, 0.4) is 0 Å². The number of aromatic hydroxyl groups is 2. The number of fused-ring (bicyclic) bond motifs is 5. The maximum absolute atomic E-state index is 13.2. The lowest BCUT2D eigenvalue weighted by Crippen LogP contribution is -2.57. The van der Waals surface area contributed by atoms with Crippen LogP contribution in [0.5, 0.6) is 11.5 Å². The maximum atomic E-state index is 13.2. The molecule has 13 heteroatoms. The Labute approximate surface area is 225 Å². The second-order valence-corrected chi connectivity index (χ2v) is 8.96. The fraction of sp³-hybridized carbons (Fsp3) is 0.400. The number of halogens is 1. The van der Waals surface area contributed by atoms with Crippen molar-refractivity contribution in [2.24, 2.45) is 11.5 Å². The quantitative estimate of drug-likeness (QED) is 0.201. The number of carbonyl (C=O) groups excluding carboxylic acids is 3. The van der Waals surface area contributed by atoms with Gasteiger partial charge in [-0.25, -0.2) is 0 Å². The van der Waals surface area contributed by atoms with E-state index >= 15 is 0 Å². The molecule has 0 radical (unpaired) electrons. The molecule has 0 fully saturated rings. The van der Waals surface area contributed by atoms with Gasteiger partial charge in [-0.05, 0) is 46.5 Å². The average molecular weight is 552 g/mol. The summed E-state index contributed by atoms with van der Waals surface area (Å²) in [6.07, 6.45) is -1.53. The summed E-state index contributed by atoms with van der Waals surface area (Å²) in [4.78, 5) is 39.0. The van der Waals surface area contributed by atoms with Crippen LogP contribution < -0.4 is 27.4 Å². The highest BCUT2D eigenvalue weighted by Crippen LogP contribution is 2.30. The lowest BCUT2D eigenvalue weighted by atomic mass is 9.95. The molecule has 2 aromatic rings. The standard InChI is InChI=1S/C25H33N5O7.ClH/c26-12-17(32)11-20-25(37)30-19(24(36)28-5-6-31)10-16-8-14(2-4-22(16)34)13-1-3-21(33)15(7-13)9-18(27)23(35)29-20;/h1-4,7-8,17-20,31-34H,5-6,9-12,26-27H2,(H,28,36)(H,29,35)(H,30,37);1H/t17-,18+,19-,20-;/m1./s1. The summed E-state index contributed by atoms with van der Waals surface area (Å²) < 4.78 is 0. The van der Waals surface area contributed by atoms with E-state index in [0.29, 0.717) is 22.3 Å². The van der Waals surface area contributed by atoms with Crippen LogP contribution in [0, 0.1) is 0 Å². The first-order chi connectivity index (χ1) is 17.6. The van der Waals surface area contributed by atoms with E-state index in [-0.39, 0.29) is 62.9 Å². The van der Waals surface area contributed by atoms with Gasteiger partial charge in [0.15, 0.2) is 0 Å². The summed E-state index contributed by atoms with van der Waals surface area (Å²) in [7, 11) is 0. The maximum Gasteiger partial charge on any atom is 0.243 e. The van der Waals surface area contributed by atoms with Gasteiger partial charge < -0.3 is 47.8 Å². The van der Waals surface area contributed by atoms with Crippen LogP contribution in [0.1, 0.15) is 17.5 Å².